The van der Waals surface area contributed by atoms with E-state index in [1.807, 2.05) is 0 Å². The maximum absolute atomic E-state index is 12.5. The molecular formula is C10H8F3N3O2S. The second-order valence-corrected chi connectivity index (χ2v) is 4.17. The molecule has 2 heterocycles. The lowest BCUT2D eigenvalue weighted by atomic mass is 10.5. The van der Waals surface area contributed by atoms with Gasteiger partial charge in [-0.25, -0.2) is 4.98 Å². The van der Waals surface area contributed by atoms with Gasteiger partial charge in [0.25, 0.3) is 0 Å². The summed E-state index contributed by atoms with van der Waals surface area (Å²) in [5.74, 6) is 0.396. The predicted molar refractivity (Wildman–Crippen MR) is 61.2 cm³/mol. The number of hydrogen-bond donors (Lipinski definition) is 0. The van der Waals surface area contributed by atoms with E-state index in [-0.39, 0.29) is 22.6 Å². The van der Waals surface area contributed by atoms with Crippen LogP contribution in [0.2, 0.25) is 0 Å². The first-order valence-corrected chi connectivity index (χ1v) is 5.82. The zero-order valence-corrected chi connectivity index (χ0v) is 10.7. The largest absolute Gasteiger partial charge is 0.481 e. The van der Waals surface area contributed by atoms with E-state index in [1.54, 1.807) is 0 Å². The van der Waals surface area contributed by atoms with Crippen LogP contribution in [-0.4, -0.2) is 29.2 Å². The van der Waals surface area contributed by atoms with Gasteiger partial charge in [0.2, 0.25) is 11.8 Å². The summed E-state index contributed by atoms with van der Waals surface area (Å²) >= 11 is 0.801. The minimum absolute atomic E-state index is 0.0247. The Kier molecular flexibility index (Phi) is 3.56. The Bertz CT molecular complexity index is 563. The molecule has 0 unspecified atom stereocenters. The molecule has 0 radical (unpaired) electrons. The molecule has 102 valence electrons. The van der Waals surface area contributed by atoms with Gasteiger partial charge in [-0.1, -0.05) is 0 Å². The van der Waals surface area contributed by atoms with Crippen molar-refractivity contribution >= 4 is 11.3 Å². The number of aromatic nitrogens is 3. The second kappa shape index (κ2) is 5.00. The van der Waals surface area contributed by atoms with Crippen molar-refractivity contribution in [1.82, 2.24) is 15.0 Å². The van der Waals surface area contributed by atoms with Gasteiger partial charge in [0, 0.05) is 5.38 Å². The van der Waals surface area contributed by atoms with Gasteiger partial charge in [-0.3, -0.25) is 0 Å². The molecule has 0 spiro atoms. The molecule has 0 aliphatic heterocycles. The normalized spacial score (nSPS) is 11.4. The number of ether oxygens (including phenoxy) is 2. The molecule has 5 nitrogen and oxygen atoms in total. The molecule has 19 heavy (non-hydrogen) atoms. The first-order valence-electron chi connectivity index (χ1n) is 4.94. The Morgan fingerprint density at radius 3 is 2.05 bits per heavy atom. The Morgan fingerprint density at radius 1 is 1.05 bits per heavy atom. The van der Waals surface area contributed by atoms with Crippen LogP contribution in [0.4, 0.5) is 13.2 Å². The van der Waals surface area contributed by atoms with Gasteiger partial charge >= 0.3 is 6.18 Å². The average Bonchev–Trinajstić information content (AvgIpc) is 2.87. The lowest BCUT2D eigenvalue weighted by molar-refractivity contribution is -0.140. The van der Waals surface area contributed by atoms with E-state index in [0.29, 0.717) is 0 Å². The van der Waals surface area contributed by atoms with Gasteiger partial charge in [-0.15, -0.1) is 11.3 Å². The molecule has 0 atom stereocenters. The SMILES string of the molecule is COc1cc(OC)nc(-c2nc(C(F)(F)F)cs2)n1. The van der Waals surface area contributed by atoms with Crippen LogP contribution in [0.15, 0.2) is 11.4 Å². The van der Waals surface area contributed by atoms with Gasteiger partial charge < -0.3 is 9.47 Å². The third-order valence-corrected chi connectivity index (χ3v) is 2.92. The molecular weight excluding hydrogens is 283 g/mol. The highest BCUT2D eigenvalue weighted by molar-refractivity contribution is 7.13. The third kappa shape index (κ3) is 2.92. The van der Waals surface area contributed by atoms with E-state index in [0.717, 1.165) is 16.7 Å². The van der Waals surface area contributed by atoms with Crippen LogP contribution in [0.1, 0.15) is 5.69 Å². The van der Waals surface area contributed by atoms with Crippen molar-refractivity contribution in [2.24, 2.45) is 0 Å². The number of thiazole rings is 1. The van der Waals surface area contributed by atoms with Crippen molar-refractivity contribution in [3.63, 3.8) is 0 Å². The summed E-state index contributed by atoms with van der Waals surface area (Å²) in [6.07, 6.45) is -4.49. The molecule has 0 aromatic carbocycles. The smallest absolute Gasteiger partial charge is 0.434 e. The Morgan fingerprint density at radius 2 is 1.63 bits per heavy atom. The average molecular weight is 291 g/mol. The van der Waals surface area contributed by atoms with Gasteiger partial charge in [0.05, 0.1) is 20.3 Å². The van der Waals surface area contributed by atoms with Gasteiger partial charge in [-0.2, -0.15) is 23.1 Å². The predicted octanol–water partition coefficient (Wildman–Crippen LogP) is 2.64. The second-order valence-electron chi connectivity index (χ2n) is 3.31. The summed E-state index contributed by atoms with van der Waals surface area (Å²) in [7, 11) is 2.77. The number of methoxy groups -OCH3 is 2. The summed E-state index contributed by atoms with van der Waals surface area (Å²) in [6, 6.07) is 1.42. The summed E-state index contributed by atoms with van der Waals surface area (Å²) in [4.78, 5) is 11.3. The molecule has 0 aliphatic carbocycles. The fourth-order valence-corrected chi connectivity index (χ4v) is 1.97. The zero-order valence-electron chi connectivity index (χ0n) is 9.85. The fraction of sp³-hybridized carbons (Fsp3) is 0.300. The van der Waals surface area contributed by atoms with Crippen molar-refractivity contribution in [2.45, 2.75) is 6.18 Å². The first kappa shape index (κ1) is 13.5. The lowest BCUT2D eigenvalue weighted by Gasteiger charge is -2.04. The molecule has 0 saturated heterocycles. The molecule has 9 heteroatoms. The van der Waals surface area contributed by atoms with E-state index >= 15 is 0 Å². The van der Waals surface area contributed by atoms with Crippen molar-refractivity contribution in [3.8, 4) is 22.6 Å². The van der Waals surface area contributed by atoms with Crippen molar-refractivity contribution in [1.29, 1.82) is 0 Å². The molecule has 2 aromatic heterocycles. The molecule has 2 aromatic rings. The maximum atomic E-state index is 12.5. The Labute approximate surface area is 110 Å². The highest BCUT2D eigenvalue weighted by Gasteiger charge is 2.34. The number of alkyl halides is 3. The first-order chi connectivity index (χ1) is 8.94. The number of rotatable bonds is 3. The van der Waals surface area contributed by atoms with Crippen LogP contribution >= 0.6 is 11.3 Å². The van der Waals surface area contributed by atoms with E-state index in [9.17, 15) is 13.2 Å². The van der Waals surface area contributed by atoms with Crippen LogP contribution < -0.4 is 9.47 Å². The quantitative estimate of drug-likeness (QED) is 0.870. The van der Waals surface area contributed by atoms with Crippen LogP contribution in [0.25, 0.3) is 10.8 Å². The van der Waals surface area contributed by atoms with Crippen LogP contribution in [0, 0.1) is 0 Å². The number of hydrogen-bond acceptors (Lipinski definition) is 6. The molecule has 0 bridgehead atoms. The summed E-state index contributed by atoms with van der Waals surface area (Å²) in [5, 5.41) is 0.953. The number of nitrogens with zero attached hydrogens (tertiary/aromatic N) is 3. The molecule has 0 fully saturated rings. The topological polar surface area (TPSA) is 57.1 Å². The van der Waals surface area contributed by atoms with E-state index in [1.165, 1.54) is 20.3 Å². The summed E-state index contributed by atoms with van der Waals surface area (Å²) < 4.78 is 47.2. The molecule has 0 amide bonds. The van der Waals surface area contributed by atoms with Crippen LogP contribution in [-0.2, 0) is 6.18 Å². The fourth-order valence-electron chi connectivity index (χ4n) is 1.22. The molecule has 0 saturated carbocycles. The van der Waals surface area contributed by atoms with Crippen LogP contribution in [0.5, 0.6) is 11.8 Å². The van der Waals surface area contributed by atoms with Crippen molar-refractivity contribution in [3.05, 3.63) is 17.1 Å². The minimum Gasteiger partial charge on any atom is -0.481 e. The summed E-state index contributed by atoms with van der Waals surface area (Å²) in [5.41, 5.74) is -0.974. The van der Waals surface area contributed by atoms with E-state index < -0.39 is 11.9 Å². The standard InChI is InChI=1S/C10H8F3N3O2S/c1-17-6-3-7(18-2)16-8(15-6)9-14-5(4-19-9)10(11,12)13/h3-4H,1-2H3. The molecule has 2 rings (SSSR count). The highest BCUT2D eigenvalue weighted by Crippen LogP contribution is 2.33. The third-order valence-electron chi connectivity index (χ3n) is 2.08. The van der Waals surface area contributed by atoms with Crippen LogP contribution in [0.3, 0.4) is 0 Å². The molecule has 0 N–H and O–H groups in total. The molecule has 0 aliphatic rings. The van der Waals surface area contributed by atoms with E-state index in [2.05, 4.69) is 15.0 Å². The highest BCUT2D eigenvalue weighted by atomic mass is 32.1. The Hall–Kier alpha value is -1.90. The summed E-state index contributed by atoms with van der Waals surface area (Å²) in [6.45, 7) is 0. The lowest BCUT2D eigenvalue weighted by Crippen LogP contribution is -2.05. The number of halogens is 3. The maximum Gasteiger partial charge on any atom is 0.434 e. The van der Waals surface area contributed by atoms with Gasteiger partial charge in [0.1, 0.15) is 0 Å². The van der Waals surface area contributed by atoms with Crippen molar-refractivity contribution < 1.29 is 22.6 Å². The van der Waals surface area contributed by atoms with Gasteiger partial charge in [0.15, 0.2) is 16.5 Å². The van der Waals surface area contributed by atoms with E-state index in [4.69, 9.17) is 9.47 Å². The van der Waals surface area contributed by atoms with Gasteiger partial charge in [-0.05, 0) is 0 Å². The minimum atomic E-state index is -4.49. The monoisotopic (exact) mass is 291 g/mol. The zero-order chi connectivity index (χ0) is 14.0. The van der Waals surface area contributed by atoms with Crippen molar-refractivity contribution in [2.75, 3.05) is 14.2 Å². The Balaban J connectivity index is 2.43.